The van der Waals surface area contributed by atoms with E-state index in [1.807, 2.05) is 24.5 Å². The van der Waals surface area contributed by atoms with E-state index in [-0.39, 0.29) is 0 Å². The average molecular weight is 236 g/mol. The van der Waals surface area contributed by atoms with E-state index < -0.39 is 0 Å². The number of hydrogen-bond acceptors (Lipinski definition) is 2. The minimum atomic E-state index is 0.688. The Labute approximate surface area is 99.9 Å². The molecule has 16 heavy (non-hydrogen) atoms. The van der Waals surface area contributed by atoms with Crippen LogP contribution in [0.3, 0.4) is 0 Å². The Kier molecular flexibility index (Phi) is 3.15. The van der Waals surface area contributed by atoms with Gasteiger partial charge in [-0.3, -0.25) is 0 Å². The molecule has 0 spiro atoms. The van der Waals surface area contributed by atoms with Gasteiger partial charge in [0.25, 0.3) is 0 Å². The summed E-state index contributed by atoms with van der Waals surface area (Å²) in [6.07, 6.45) is 4.52. The number of imidazole rings is 1. The number of anilines is 1. The van der Waals surface area contributed by atoms with Crippen LogP contribution < -0.4 is 5.73 Å². The zero-order chi connectivity index (χ0) is 11.5. The van der Waals surface area contributed by atoms with Gasteiger partial charge >= 0.3 is 0 Å². The van der Waals surface area contributed by atoms with Gasteiger partial charge in [-0.05, 0) is 24.6 Å². The van der Waals surface area contributed by atoms with Crippen molar-refractivity contribution in [3.63, 3.8) is 0 Å². The molecule has 3 nitrogen and oxygen atoms in total. The molecule has 0 bridgehead atoms. The summed E-state index contributed by atoms with van der Waals surface area (Å²) < 4.78 is 2.10. The third-order valence-electron chi connectivity index (χ3n) is 2.57. The maximum Gasteiger partial charge on any atom is 0.113 e. The van der Waals surface area contributed by atoms with Crippen LogP contribution in [-0.2, 0) is 13.0 Å². The monoisotopic (exact) mass is 235 g/mol. The van der Waals surface area contributed by atoms with Crippen molar-refractivity contribution in [3.05, 3.63) is 47.0 Å². The smallest absolute Gasteiger partial charge is 0.113 e. The van der Waals surface area contributed by atoms with Crippen LogP contribution in [0.15, 0.2) is 30.6 Å². The fourth-order valence-corrected chi connectivity index (χ4v) is 1.93. The van der Waals surface area contributed by atoms with Crippen LogP contribution in [0, 0.1) is 0 Å². The second-order valence-corrected chi connectivity index (χ2v) is 4.06. The van der Waals surface area contributed by atoms with E-state index in [1.165, 1.54) is 0 Å². The molecule has 2 rings (SSSR count). The van der Waals surface area contributed by atoms with Crippen molar-refractivity contribution in [2.45, 2.75) is 19.9 Å². The van der Waals surface area contributed by atoms with E-state index in [0.29, 0.717) is 10.7 Å². The van der Waals surface area contributed by atoms with Crippen LogP contribution in [0.25, 0.3) is 0 Å². The van der Waals surface area contributed by atoms with Crippen molar-refractivity contribution in [2.75, 3.05) is 5.73 Å². The first-order chi connectivity index (χ1) is 7.70. The van der Waals surface area contributed by atoms with Crippen molar-refractivity contribution >= 4 is 17.3 Å². The molecule has 0 unspecified atom stereocenters. The zero-order valence-electron chi connectivity index (χ0n) is 9.15. The molecule has 0 aliphatic rings. The van der Waals surface area contributed by atoms with Gasteiger partial charge in [0.1, 0.15) is 5.82 Å². The summed E-state index contributed by atoms with van der Waals surface area (Å²) in [7, 11) is 0. The average Bonchev–Trinajstić information content (AvgIpc) is 2.69. The predicted molar refractivity (Wildman–Crippen MR) is 66.6 cm³/mol. The van der Waals surface area contributed by atoms with Crippen molar-refractivity contribution < 1.29 is 0 Å². The van der Waals surface area contributed by atoms with Crippen LogP contribution in [0.1, 0.15) is 18.3 Å². The molecular weight excluding hydrogens is 222 g/mol. The van der Waals surface area contributed by atoms with E-state index in [9.17, 15) is 0 Å². The highest BCUT2D eigenvalue weighted by Crippen LogP contribution is 2.21. The Morgan fingerprint density at radius 1 is 1.44 bits per heavy atom. The van der Waals surface area contributed by atoms with Crippen LogP contribution in [0.4, 0.5) is 5.69 Å². The quantitative estimate of drug-likeness (QED) is 0.832. The van der Waals surface area contributed by atoms with Crippen molar-refractivity contribution in [3.8, 4) is 0 Å². The molecule has 1 aromatic carbocycles. The first-order valence-corrected chi connectivity index (χ1v) is 5.62. The van der Waals surface area contributed by atoms with E-state index in [0.717, 1.165) is 24.4 Å². The van der Waals surface area contributed by atoms with Crippen LogP contribution in [-0.4, -0.2) is 9.55 Å². The fraction of sp³-hybridized carbons (Fsp3) is 0.250. The van der Waals surface area contributed by atoms with Gasteiger partial charge < -0.3 is 10.3 Å². The Balaban J connectivity index is 2.27. The molecule has 4 heteroatoms. The Morgan fingerprint density at radius 2 is 2.25 bits per heavy atom. The first kappa shape index (κ1) is 11.0. The number of hydrogen-bond donors (Lipinski definition) is 1. The summed E-state index contributed by atoms with van der Waals surface area (Å²) in [6.45, 7) is 3.01. The van der Waals surface area contributed by atoms with Gasteiger partial charge in [0.05, 0.1) is 0 Å². The number of halogens is 1. The molecule has 1 heterocycles. The molecule has 1 aromatic heterocycles. The number of nitrogen functional groups attached to an aromatic ring is 1. The lowest BCUT2D eigenvalue weighted by Gasteiger charge is -2.07. The molecule has 0 aliphatic carbocycles. The largest absolute Gasteiger partial charge is 0.399 e. The SMILES string of the molecule is CCn1ccnc1Cc1ccc(N)cc1Cl. The highest BCUT2D eigenvalue weighted by Gasteiger charge is 2.06. The van der Waals surface area contributed by atoms with Gasteiger partial charge in [-0.25, -0.2) is 4.98 Å². The lowest BCUT2D eigenvalue weighted by atomic mass is 10.1. The molecule has 0 amide bonds. The number of nitrogens with two attached hydrogens (primary N) is 1. The summed E-state index contributed by atoms with van der Waals surface area (Å²) in [5.41, 5.74) is 7.39. The second-order valence-electron chi connectivity index (χ2n) is 3.66. The molecule has 0 radical (unpaired) electrons. The van der Waals surface area contributed by atoms with Crippen LogP contribution in [0.5, 0.6) is 0 Å². The number of aryl methyl sites for hydroxylation is 1. The van der Waals surface area contributed by atoms with Crippen LogP contribution in [0.2, 0.25) is 5.02 Å². The normalized spacial score (nSPS) is 10.6. The summed E-state index contributed by atoms with van der Waals surface area (Å²) in [5, 5.41) is 0.700. The van der Waals surface area contributed by atoms with Crippen molar-refractivity contribution in [2.24, 2.45) is 0 Å². The highest BCUT2D eigenvalue weighted by molar-refractivity contribution is 6.31. The Bertz CT molecular complexity index is 491. The zero-order valence-corrected chi connectivity index (χ0v) is 9.91. The molecule has 0 atom stereocenters. The third kappa shape index (κ3) is 2.19. The highest BCUT2D eigenvalue weighted by atomic mass is 35.5. The third-order valence-corrected chi connectivity index (χ3v) is 2.92. The minimum absolute atomic E-state index is 0.688. The Hall–Kier alpha value is -1.48. The summed E-state index contributed by atoms with van der Waals surface area (Å²) >= 11 is 6.12. The van der Waals surface area contributed by atoms with Gasteiger partial charge in [0.15, 0.2) is 0 Å². The van der Waals surface area contributed by atoms with E-state index >= 15 is 0 Å². The molecule has 0 fully saturated rings. The topological polar surface area (TPSA) is 43.8 Å². The Morgan fingerprint density at radius 3 is 2.94 bits per heavy atom. The van der Waals surface area contributed by atoms with Crippen LogP contribution >= 0.6 is 11.6 Å². The molecule has 2 aromatic rings. The van der Waals surface area contributed by atoms with Crippen molar-refractivity contribution in [1.29, 1.82) is 0 Å². The van der Waals surface area contributed by atoms with Gasteiger partial charge in [0, 0.05) is 36.1 Å². The lowest BCUT2D eigenvalue weighted by molar-refractivity contribution is 0.712. The van der Waals surface area contributed by atoms with Gasteiger partial charge in [-0.15, -0.1) is 0 Å². The van der Waals surface area contributed by atoms with E-state index in [2.05, 4.69) is 16.5 Å². The minimum Gasteiger partial charge on any atom is -0.399 e. The number of rotatable bonds is 3. The number of aromatic nitrogens is 2. The molecule has 0 saturated carbocycles. The first-order valence-electron chi connectivity index (χ1n) is 5.24. The second kappa shape index (κ2) is 4.58. The molecular formula is C12H14ClN3. The van der Waals surface area contributed by atoms with Crippen molar-refractivity contribution in [1.82, 2.24) is 9.55 Å². The molecule has 84 valence electrons. The maximum absolute atomic E-state index is 6.12. The summed E-state index contributed by atoms with van der Waals surface area (Å²) in [4.78, 5) is 4.32. The molecule has 0 aliphatic heterocycles. The number of nitrogens with zero attached hydrogens (tertiary/aromatic N) is 2. The summed E-state index contributed by atoms with van der Waals surface area (Å²) in [6, 6.07) is 5.59. The predicted octanol–water partition coefficient (Wildman–Crippen LogP) is 2.73. The standard InChI is InChI=1S/C12H14ClN3/c1-2-16-6-5-15-12(16)7-9-3-4-10(14)8-11(9)13/h3-6,8H,2,7,14H2,1H3. The molecule has 0 saturated heterocycles. The summed E-state index contributed by atoms with van der Waals surface area (Å²) in [5.74, 6) is 1.02. The van der Waals surface area contributed by atoms with Gasteiger partial charge in [-0.1, -0.05) is 17.7 Å². The van der Waals surface area contributed by atoms with Gasteiger partial charge in [0.2, 0.25) is 0 Å². The molecule has 2 N–H and O–H groups in total. The fourth-order valence-electron chi connectivity index (χ4n) is 1.67. The van der Waals surface area contributed by atoms with E-state index in [4.69, 9.17) is 17.3 Å². The van der Waals surface area contributed by atoms with Gasteiger partial charge in [-0.2, -0.15) is 0 Å². The number of benzene rings is 1. The maximum atomic E-state index is 6.12. The lowest BCUT2D eigenvalue weighted by Crippen LogP contribution is -2.02. The van der Waals surface area contributed by atoms with E-state index in [1.54, 1.807) is 6.07 Å².